The molecule has 10 nitrogen and oxygen atoms in total. The zero-order valence-corrected chi connectivity index (χ0v) is 25.0. The number of carbonyl (C=O) groups excluding carboxylic acids is 2. The quantitative estimate of drug-likeness (QED) is 0.197. The van der Waals surface area contributed by atoms with Crippen LogP contribution in [0.5, 0.6) is 0 Å². The van der Waals surface area contributed by atoms with E-state index >= 15 is 0 Å². The molecular weight excluding hydrogens is 590 g/mol. The van der Waals surface area contributed by atoms with Gasteiger partial charge in [0, 0.05) is 9.71 Å². The third kappa shape index (κ3) is 5.46. The van der Waals surface area contributed by atoms with Gasteiger partial charge in [0.05, 0.1) is 22.7 Å². The Morgan fingerprint density at radius 2 is 0.705 bits per heavy atom. The van der Waals surface area contributed by atoms with E-state index in [9.17, 15) is 9.59 Å². The lowest BCUT2D eigenvalue weighted by molar-refractivity contribution is 0.249. The van der Waals surface area contributed by atoms with Crippen molar-refractivity contribution >= 4 is 61.1 Å². The number of para-hydroxylation sites is 4. The maximum absolute atomic E-state index is 13.5. The third-order valence-corrected chi connectivity index (χ3v) is 9.93. The Kier molecular flexibility index (Phi) is 7.63. The number of amides is 4. The molecule has 0 saturated heterocycles. The van der Waals surface area contributed by atoms with E-state index in [1.54, 1.807) is 10.0 Å². The Hall–Kier alpha value is -5.24. The van der Waals surface area contributed by atoms with Gasteiger partial charge in [-0.05, 0) is 83.2 Å². The van der Waals surface area contributed by atoms with Gasteiger partial charge in [-0.1, -0.05) is 72.8 Å². The van der Waals surface area contributed by atoms with Gasteiger partial charge in [0.25, 0.3) is 0 Å². The molecule has 0 aliphatic carbocycles. The van der Waals surface area contributed by atoms with Gasteiger partial charge in [-0.25, -0.2) is 9.59 Å². The largest absolute Gasteiger partial charge is 0.379 e. The van der Waals surface area contributed by atoms with Crippen molar-refractivity contribution in [1.82, 2.24) is 10.4 Å². The molecule has 5 aromatic carbocycles. The van der Waals surface area contributed by atoms with Crippen molar-refractivity contribution in [3.63, 3.8) is 0 Å². The summed E-state index contributed by atoms with van der Waals surface area (Å²) < 4.78 is 0. The van der Waals surface area contributed by atoms with Gasteiger partial charge in [-0.3, -0.25) is 0 Å². The standard InChI is InChI=1S/C32H26N8O2P2/c41-31-37(25-13-5-1-6-14-25)33-43(34-38(31)26-15-7-2-8-16-26)29-21-23-30(24-22-29)44-35-39(27-17-9-3-10-18-27)32(42)40(36-44)28-19-11-4-12-20-28/h1-24H,(H,33,34)(H,35,36)/q+2. The number of benzene rings is 5. The lowest BCUT2D eigenvalue weighted by atomic mass is 10.3. The zero-order valence-electron chi connectivity index (χ0n) is 23.3. The van der Waals surface area contributed by atoms with E-state index in [0.717, 1.165) is 22.0 Å². The Morgan fingerprint density at radius 1 is 0.409 bits per heavy atom. The highest BCUT2D eigenvalue weighted by molar-refractivity contribution is 7.55. The first-order valence-electron chi connectivity index (χ1n) is 13.8. The highest BCUT2D eigenvalue weighted by atomic mass is 31.1. The van der Waals surface area contributed by atoms with Gasteiger partial charge in [-0.15, -0.1) is 10.0 Å². The summed E-state index contributed by atoms with van der Waals surface area (Å²) in [6, 6.07) is 45.1. The van der Waals surface area contributed by atoms with E-state index in [1.165, 1.54) is 10.0 Å². The number of hydrazine groups is 2. The van der Waals surface area contributed by atoms with Crippen LogP contribution in [0, 0.1) is 0 Å². The number of urea groups is 2. The SMILES string of the molecule is O=C1N(c2ccccc2)N=[P+](c2ccc([P+]3=NN(c4ccccc4)C(=O)N(c4ccccc4)N3)cc2)NN1c1ccccc1. The molecule has 2 unspecified atom stereocenters. The second-order valence-corrected chi connectivity index (χ2v) is 12.8. The Morgan fingerprint density at radius 3 is 1.02 bits per heavy atom. The molecule has 7 rings (SSSR count). The maximum atomic E-state index is 13.5. The van der Waals surface area contributed by atoms with Crippen molar-refractivity contribution < 1.29 is 9.59 Å². The maximum Gasteiger partial charge on any atom is 0.379 e. The fraction of sp³-hybridized carbons (Fsp3) is 0. The van der Waals surface area contributed by atoms with Crippen LogP contribution >= 0.6 is 15.7 Å². The summed E-state index contributed by atoms with van der Waals surface area (Å²) in [4.78, 5) is 36.7. The molecular formula is C32H26N8O2P2+2. The summed E-state index contributed by atoms with van der Waals surface area (Å²) in [6.07, 6.45) is 0. The average molecular weight is 617 g/mol. The fourth-order valence-electron chi connectivity index (χ4n) is 4.67. The van der Waals surface area contributed by atoms with Crippen molar-refractivity contribution in [3.8, 4) is 0 Å². The Balaban J connectivity index is 1.24. The van der Waals surface area contributed by atoms with Crippen molar-refractivity contribution in [2.45, 2.75) is 0 Å². The van der Waals surface area contributed by atoms with E-state index < -0.39 is 15.7 Å². The van der Waals surface area contributed by atoms with Crippen LogP contribution in [0.3, 0.4) is 0 Å². The number of hydrogen-bond donors (Lipinski definition) is 2. The van der Waals surface area contributed by atoms with E-state index in [1.807, 2.05) is 146 Å². The second kappa shape index (κ2) is 12.2. The topological polar surface area (TPSA) is 95.9 Å². The van der Waals surface area contributed by atoms with Crippen molar-refractivity contribution in [2.24, 2.45) is 9.71 Å². The first-order chi connectivity index (χ1) is 21.7. The molecule has 0 spiro atoms. The summed E-state index contributed by atoms with van der Waals surface area (Å²) in [6.45, 7) is 0. The summed E-state index contributed by atoms with van der Waals surface area (Å²) >= 11 is 0. The zero-order chi connectivity index (χ0) is 29.9. The average Bonchev–Trinajstić information content (AvgIpc) is 3.10. The molecule has 2 aliphatic heterocycles. The van der Waals surface area contributed by atoms with Crippen LogP contribution in [0.4, 0.5) is 32.3 Å². The van der Waals surface area contributed by atoms with Gasteiger partial charge in [0.2, 0.25) is 0 Å². The molecule has 2 aliphatic rings. The van der Waals surface area contributed by atoms with Crippen molar-refractivity contribution in [1.29, 1.82) is 0 Å². The van der Waals surface area contributed by atoms with Crippen LogP contribution in [0.25, 0.3) is 0 Å². The lowest BCUT2D eigenvalue weighted by Crippen LogP contribution is -2.50. The minimum atomic E-state index is -1.36. The Labute approximate surface area is 256 Å². The summed E-state index contributed by atoms with van der Waals surface area (Å²) in [5, 5.41) is 14.5. The van der Waals surface area contributed by atoms with E-state index in [0.29, 0.717) is 11.4 Å². The molecule has 2 atom stereocenters. The fourth-order valence-corrected chi connectivity index (χ4v) is 7.55. The van der Waals surface area contributed by atoms with Crippen LogP contribution in [0.2, 0.25) is 0 Å². The summed E-state index contributed by atoms with van der Waals surface area (Å²) in [7, 11) is -2.72. The number of nitrogens with zero attached hydrogens (tertiary/aromatic N) is 6. The van der Waals surface area contributed by atoms with Gasteiger partial charge < -0.3 is 0 Å². The Bertz CT molecular complexity index is 1720. The molecule has 214 valence electrons. The normalized spacial score (nSPS) is 16.9. The highest BCUT2D eigenvalue weighted by Crippen LogP contribution is 2.35. The van der Waals surface area contributed by atoms with Crippen LogP contribution in [0.15, 0.2) is 155 Å². The molecule has 0 fully saturated rings. The van der Waals surface area contributed by atoms with Crippen molar-refractivity contribution in [2.75, 3.05) is 20.0 Å². The van der Waals surface area contributed by atoms with Gasteiger partial charge >= 0.3 is 27.8 Å². The molecule has 0 bridgehead atoms. The van der Waals surface area contributed by atoms with Crippen molar-refractivity contribution in [3.05, 3.63) is 146 Å². The minimum Gasteiger partial charge on any atom is -0.244 e. The predicted molar refractivity (Wildman–Crippen MR) is 177 cm³/mol. The van der Waals surface area contributed by atoms with Crippen LogP contribution in [0.1, 0.15) is 0 Å². The van der Waals surface area contributed by atoms with E-state index in [-0.39, 0.29) is 12.1 Å². The molecule has 2 N–H and O–H groups in total. The van der Waals surface area contributed by atoms with E-state index in [4.69, 9.17) is 9.71 Å². The molecule has 0 saturated carbocycles. The number of rotatable bonds is 6. The predicted octanol–water partition coefficient (Wildman–Crippen LogP) is 7.23. The summed E-state index contributed by atoms with van der Waals surface area (Å²) in [5.74, 6) is 0. The van der Waals surface area contributed by atoms with Crippen LogP contribution in [-0.4, -0.2) is 12.1 Å². The first-order valence-corrected chi connectivity index (χ1v) is 16.4. The lowest BCUT2D eigenvalue weighted by Gasteiger charge is -2.27. The molecule has 12 heteroatoms. The van der Waals surface area contributed by atoms with Gasteiger partial charge in [-0.2, -0.15) is 10.0 Å². The summed E-state index contributed by atoms with van der Waals surface area (Å²) in [5.41, 5.74) is 2.81. The molecule has 4 amide bonds. The minimum absolute atomic E-state index is 0.293. The number of nitrogens with one attached hydrogen (secondary N) is 2. The molecule has 2 heterocycles. The third-order valence-electron chi connectivity index (χ3n) is 6.86. The van der Waals surface area contributed by atoms with Gasteiger partial charge in [0.1, 0.15) is 0 Å². The molecule has 0 aromatic heterocycles. The number of hydrogen-bond acceptors (Lipinski definition) is 6. The number of anilines is 4. The van der Waals surface area contributed by atoms with Crippen LogP contribution < -0.4 is 41.0 Å². The van der Waals surface area contributed by atoms with Gasteiger partial charge in [0.15, 0.2) is 10.6 Å². The first kappa shape index (κ1) is 27.6. The molecule has 5 aromatic rings. The monoisotopic (exact) mass is 616 g/mol. The second-order valence-electron chi connectivity index (χ2n) is 9.72. The smallest absolute Gasteiger partial charge is 0.244 e. The molecule has 44 heavy (non-hydrogen) atoms. The molecule has 0 radical (unpaired) electrons. The number of carbonyl (C=O) groups is 2. The highest BCUT2D eigenvalue weighted by Gasteiger charge is 2.40. The van der Waals surface area contributed by atoms with E-state index in [2.05, 4.69) is 10.4 Å². The van der Waals surface area contributed by atoms with Crippen LogP contribution in [-0.2, 0) is 0 Å².